The number of rotatable bonds is 3. The van der Waals surface area contributed by atoms with Crippen molar-refractivity contribution in [1.29, 1.82) is 0 Å². The first-order valence-electron chi connectivity index (χ1n) is 6.05. The summed E-state index contributed by atoms with van der Waals surface area (Å²) < 4.78 is 1.96. The van der Waals surface area contributed by atoms with Crippen LogP contribution in [-0.2, 0) is 7.05 Å². The van der Waals surface area contributed by atoms with Crippen molar-refractivity contribution in [3.8, 4) is 11.4 Å². The maximum absolute atomic E-state index is 6.07. The summed E-state index contributed by atoms with van der Waals surface area (Å²) in [4.78, 5) is 12.4. The van der Waals surface area contributed by atoms with Crippen molar-refractivity contribution in [3.63, 3.8) is 0 Å². The van der Waals surface area contributed by atoms with Crippen LogP contribution < -0.4 is 5.32 Å². The molecule has 20 heavy (non-hydrogen) atoms. The van der Waals surface area contributed by atoms with Gasteiger partial charge in [-0.25, -0.2) is 15.0 Å². The standard InChI is InChI=1S/C14H12ClN5/c1-20-7-6-17-14(20)10-4-2-3-5-12(10)19-13-11(15)8-16-9-18-13/h2-9H,1H3,(H,16,18,19). The van der Waals surface area contributed by atoms with Crippen LogP contribution in [0.2, 0.25) is 5.02 Å². The van der Waals surface area contributed by atoms with Crippen LogP contribution in [0.15, 0.2) is 49.2 Å². The Labute approximate surface area is 121 Å². The van der Waals surface area contributed by atoms with Gasteiger partial charge in [-0.15, -0.1) is 0 Å². The van der Waals surface area contributed by atoms with Crippen molar-refractivity contribution in [2.75, 3.05) is 5.32 Å². The van der Waals surface area contributed by atoms with Gasteiger partial charge in [0.05, 0.1) is 11.9 Å². The molecule has 3 rings (SSSR count). The van der Waals surface area contributed by atoms with Gasteiger partial charge in [-0.05, 0) is 12.1 Å². The van der Waals surface area contributed by atoms with Crippen LogP contribution in [0.25, 0.3) is 11.4 Å². The third kappa shape index (κ3) is 2.35. The molecule has 0 bridgehead atoms. The molecule has 3 aromatic rings. The molecule has 0 fully saturated rings. The Bertz CT molecular complexity index is 738. The minimum absolute atomic E-state index is 0.474. The zero-order valence-corrected chi connectivity index (χ0v) is 11.5. The number of benzene rings is 1. The molecule has 1 N–H and O–H groups in total. The Morgan fingerprint density at radius 2 is 2.05 bits per heavy atom. The molecule has 0 aliphatic rings. The maximum atomic E-state index is 6.07. The van der Waals surface area contributed by atoms with Crippen LogP contribution in [0.1, 0.15) is 0 Å². The highest BCUT2D eigenvalue weighted by molar-refractivity contribution is 6.32. The number of aryl methyl sites for hydroxylation is 1. The molecular formula is C14H12ClN5. The summed E-state index contributed by atoms with van der Waals surface area (Å²) in [5, 5.41) is 3.69. The average molecular weight is 286 g/mol. The normalized spacial score (nSPS) is 10.5. The molecule has 0 spiro atoms. The van der Waals surface area contributed by atoms with Gasteiger partial charge in [0, 0.05) is 25.0 Å². The predicted octanol–water partition coefficient (Wildman–Crippen LogP) is 3.27. The largest absolute Gasteiger partial charge is 0.338 e. The van der Waals surface area contributed by atoms with Crippen molar-refractivity contribution in [3.05, 3.63) is 54.2 Å². The zero-order chi connectivity index (χ0) is 13.9. The van der Waals surface area contributed by atoms with E-state index in [4.69, 9.17) is 11.6 Å². The van der Waals surface area contributed by atoms with Crippen molar-refractivity contribution in [1.82, 2.24) is 19.5 Å². The minimum atomic E-state index is 0.474. The number of anilines is 2. The summed E-state index contributed by atoms with van der Waals surface area (Å²) in [5.74, 6) is 1.45. The number of nitrogens with zero attached hydrogens (tertiary/aromatic N) is 4. The highest BCUT2D eigenvalue weighted by Crippen LogP contribution is 2.30. The Balaban J connectivity index is 2.03. The van der Waals surface area contributed by atoms with Gasteiger partial charge in [0.2, 0.25) is 0 Å². The van der Waals surface area contributed by atoms with E-state index < -0.39 is 0 Å². The highest BCUT2D eigenvalue weighted by atomic mass is 35.5. The van der Waals surface area contributed by atoms with Gasteiger partial charge in [-0.2, -0.15) is 0 Å². The lowest BCUT2D eigenvalue weighted by Gasteiger charge is -2.11. The summed E-state index contributed by atoms with van der Waals surface area (Å²) in [5.41, 5.74) is 1.87. The second-order valence-corrected chi connectivity index (χ2v) is 4.66. The van der Waals surface area contributed by atoms with Crippen LogP contribution in [0.4, 0.5) is 11.5 Å². The fourth-order valence-corrected chi connectivity index (χ4v) is 2.10. The topological polar surface area (TPSA) is 55.6 Å². The molecule has 100 valence electrons. The lowest BCUT2D eigenvalue weighted by Crippen LogP contribution is -1.99. The van der Waals surface area contributed by atoms with Crippen LogP contribution in [0, 0.1) is 0 Å². The molecule has 0 aliphatic heterocycles. The van der Waals surface area contributed by atoms with Gasteiger partial charge >= 0.3 is 0 Å². The van der Waals surface area contributed by atoms with E-state index in [0.717, 1.165) is 17.1 Å². The van der Waals surface area contributed by atoms with E-state index in [1.54, 1.807) is 12.4 Å². The number of halogens is 1. The first kappa shape index (κ1) is 12.6. The Morgan fingerprint density at radius 1 is 1.20 bits per heavy atom. The monoisotopic (exact) mass is 285 g/mol. The van der Waals surface area contributed by atoms with Gasteiger partial charge in [0.15, 0.2) is 5.82 Å². The molecule has 5 nitrogen and oxygen atoms in total. The first-order chi connectivity index (χ1) is 9.75. The number of hydrogen-bond acceptors (Lipinski definition) is 4. The van der Waals surface area contributed by atoms with Gasteiger partial charge in [0.1, 0.15) is 17.2 Å². The first-order valence-corrected chi connectivity index (χ1v) is 6.43. The van der Waals surface area contributed by atoms with Crippen molar-refractivity contribution in [2.24, 2.45) is 7.05 Å². The number of para-hydroxylation sites is 1. The van der Waals surface area contributed by atoms with Crippen LogP contribution in [0.5, 0.6) is 0 Å². The van der Waals surface area contributed by atoms with Gasteiger partial charge in [0.25, 0.3) is 0 Å². The van der Waals surface area contributed by atoms with Crippen molar-refractivity contribution >= 4 is 23.1 Å². The van der Waals surface area contributed by atoms with Crippen LogP contribution in [-0.4, -0.2) is 19.5 Å². The van der Waals surface area contributed by atoms with Crippen LogP contribution >= 0.6 is 11.6 Å². The third-order valence-corrected chi connectivity index (χ3v) is 3.19. The molecule has 2 aromatic heterocycles. The van der Waals surface area contributed by atoms with Crippen LogP contribution in [0.3, 0.4) is 0 Å². The van der Waals surface area contributed by atoms with E-state index in [1.165, 1.54) is 6.33 Å². The fraction of sp³-hybridized carbons (Fsp3) is 0.0714. The maximum Gasteiger partial charge on any atom is 0.152 e. The molecular weight excluding hydrogens is 274 g/mol. The second kappa shape index (κ2) is 5.30. The number of nitrogens with one attached hydrogen (secondary N) is 1. The van der Waals surface area contributed by atoms with E-state index in [-0.39, 0.29) is 0 Å². The SMILES string of the molecule is Cn1ccnc1-c1ccccc1Nc1ncncc1Cl. The number of imidazole rings is 1. The Hall–Kier alpha value is -2.40. The van der Waals surface area contributed by atoms with E-state index >= 15 is 0 Å². The molecule has 2 heterocycles. The average Bonchev–Trinajstić information content (AvgIpc) is 2.88. The summed E-state index contributed by atoms with van der Waals surface area (Å²) in [7, 11) is 1.96. The number of aromatic nitrogens is 4. The fourth-order valence-electron chi connectivity index (χ4n) is 1.94. The quantitative estimate of drug-likeness (QED) is 0.802. The summed E-state index contributed by atoms with van der Waals surface area (Å²) in [6.45, 7) is 0. The third-order valence-electron chi connectivity index (χ3n) is 2.91. The number of hydrogen-bond donors (Lipinski definition) is 1. The Morgan fingerprint density at radius 3 is 2.80 bits per heavy atom. The molecule has 0 radical (unpaired) electrons. The second-order valence-electron chi connectivity index (χ2n) is 4.25. The summed E-state index contributed by atoms with van der Waals surface area (Å²) >= 11 is 6.07. The van der Waals surface area contributed by atoms with Crippen molar-refractivity contribution in [2.45, 2.75) is 0 Å². The van der Waals surface area contributed by atoms with E-state index in [9.17, 15) is 0 Å². The molecule has 1 aromatic carbocycles. The van der Waals surface area contributed by atoms with Gasteiger partial charge < -0.3 is 9.88 Å². The molecule has 6 heteroatoms. The van der Waals surface area contributed by atoms with E-state index in [2.05, 4.69) is 20.3 Å². The summed E-state index contributed by atoms with van der Waals surface area (Å²) in [6.07, 6.45) is 6.69. The molecule has 0 atom stereocenters. The smallest absolute Gasteiger partial charge is 0.152 e. The molecule has 0 aliphatic carbocycles. The zero-order valence-electron chi connectivity index (χ0n) is 10.8. The summed E-state index contributed by atoms with van der Waals surface area (Å²) in [6, 6.07) is 7.88. The van der Waals surface area contributed by atoms with Crippen molar-refractivity contribution < 1.29 is 0 Å². The lowest BCUT2D eigenvalue weighted by molar-refractivity contribution is 0.925. The lowest BCUT2D eigenvalue weighted by atomic mass is 10.1. The molecule has 0 saturated carbocycles. The van der Waals surface area contributed by atoms with E-state index in [0.29, 0.717) is 10.8 Å². The Kier molecular flexibility index (Phi) is 3.35. The molecule has 0 saturated heterocycles. The highest BCUT2D eigenvalue weighted by Gasteiger charge is 2.10. The van der Waals surface area contributed by atoms with Gasteiger partial charge in [-0.1, -0.05) is 23.7 Å². The predicted molar refractivity (Wildman–Crippen MR) is 79.0 cm³/mol. The minimum Gasteiger partial charge on any atom is -0.338 e. The molecule has 0 unspecified atom stereocenters. The molecule has 0 amide bonds. The van der Waals surface area contributed by atoms with Gasteiger partial charge in [-0.3, -0.25) is 0 Å². The van der Waals surface area contributed by atoms with E-state index in [1.807, 2.05) is 42.1 Å².